The normalized spacial score (nSPS) is 17.6. The number of rotatable bonds is 12. The van der Waals surface area contributed by atoms with Crippen LogP contribution in [0.1, 0.15) is 58.8 Å². The van der Waals surface area contributed by atoms with Gasteiger partial charge in [0.15, 0.2) is 5.96 Å². The number of aliphatic hydroxyl groups is 1. The van der Waals surface area contributed by atoms with E-state index in [0.29, 0.717) is 11.3 Å². The van der Waals surface area contributed by atoms with Crippen LogP contribution in [0.4, 0.5) is 0 Å². The Hall–Kier alpha value is -0.0800. The van der Waals surface area contributed by atoms with Crippen LogP contribution >= 0.6 is 24.0 Å². The van der Waals surface area contributed by atoms with E-state index in [1.165, 1.54) is 19.3 Å². The van der Waals surface area contributed by atoms with Gasteiger partial charge in [-0.3, -0.25) is 4.99 Å². The Balaban J connectivity index is 0.00000529. The average Bonchev–Trinajstić information content (AvgIpc) is 2.51. The molecule has 0 aliphatic heterocycles. The molecule has 1 fully saturated rings. The first kappa shape index (κ1) is 23.9. The molecule has 1 aliphatic carbocycles. The maximum absolute atomic E-state index is 9.18. The number of aliphatic imine (C=N–C) groups is 1. The Bertz CT molecular complexity index is 330. The third-order valence-electron chi connectivity index (χ3n) is 4.96. The molecule has 5 nitrogen and oxygen atoms in total. The van der Waals surface area contributed by atoms with Crippen molar-refractivity contribution in [3.63, 3.8) is 0 Å². The molecule has 0 aromatic heterocycles. The Morgan fingerprint density at radius 3 is 2.50 bits per heavy atom. The first-order valence-electron chi connectivity index (χ1n) is 9.31. The van der Waals surface area contributed by atoms with Gasteiger partial charge in [0.25, 0.3) is 0 Å². The van der Waals surface area contributed by atoms with Gasteiger partial charge in [0.1, 0.15) is 0 Å². The number of aliphatic hydroxyl groups excluding tert-OH is 1. The van der Waals surface area contributed by atoms with Gasteiger partial charge in [0.2, 0.25) is 0 Å². The summed E-state index contributed by atoms with van der Waals surface area (Å²) >= 11 is 0. The lowest BCUT2D eigenvalue weighted by Gasteiger charge is -2.40. The molecule has 1 aliphatic rings. The molecule has 1 rings (SSSR count). The van der Waals surface area contributed by atoms with Crippen molar-refractivity contribution in [1.29, 1.82) is 0 Å². The molecule has 0 radical (unpaired) electrons. The summed E-state index contributed by atoms with van der Waals surface area (Å²) in [6, 6.07) is 0. The fraction of sp³-hybridized carbons (Fsp3) is 0.944. The van der Waals surface area contributed by atoms with Crippen molar-refractivity contribution >= 4 is 29.9 Å². The van der Waals surface area contributed by atoms with Crippen molar-refractivity contribution in [2.75, 3.05) is 40.0 Å². The third-order valence-corrected chi connectivity index (χ3v) is 4.96. The van der Waals surface area contributed by atoms with E-state index in [1.54, 1.807) is 7.11 Å². The van der Waals surface area contributed by atoms with Crippen LogP contribution in [-0.4, -0.2) is 51.0 Å². The molecular weight excluding hydrogens is 417 g/mol. The Morgan fingerprint density at radius 2 is 2.00 bits per heavy atom. The zero-order valence-corrected chi connectivity index (χ0v) is 18.1. The van der Waals surface area contributed by atoms with Crippen LogP contribution in [0.15, 0.2) is 4.99 Å². The molecule has 6 heteroatoms. The zero-order chi connectivity index (χ0) is 17.0. The Morgan fingerprint density at radius 1 is 1.25 bits per heavy atom. The molecule has 144 valence electrons. The van der Waals surface area contributed by atoms with Gasteiger partial charge < -0.3 is 20.5 Å². The first-order chi connectivity index (χ1) is 11.2. The Labute approximate surface area is 165 Å². The molecule has 1 unspecified atom stereocenters. The predicted molar refractivity (Wildman–Crippen MR) is 112 cm³/mol. The molecule has 1 saturated carbocycles. The van der Waals surface area contributed by atoms with Crippen molar-refractivity contribution in [3.05, 3.63) is 0 Å². The number of nitrogens with one attached hydrogen (secondary N) is 2. The summed E-state index contributed by atoms with van der Waals surface area (Å²) in [5.74, 6) is 1.43. The number of halogens is 1. The maximum atomic E-state index is 9.18. The van der Waals surface area contributed by atoms with Gasteiger partial charge in [-0.1, -0.05) is 19.8 Å². The molecule has 0 aromatic carbocycles. The summed E-state index contributed by atoms with van der Waals surface area (Å²) in [6.07, 6.45) is 8.11. The number of hydrogen-bond donors (Lipinski definition) is 3. The summed E-state index contributed by atoms with van der Waals surface area (Å²) in [4.78, 5) is 4.83. The molecule has 0 amide bonds. The Kier molecular flexibility index (Phi) is 14.1. The topological polar surface area (TPSA) is 65.9 Å². The van der Waals surface area contributed by atoms with Gasteiger partial charge in [-0.25, -0.2) is 0 Å². The lowest BCUT2D eigenvalue weighted by Crippen LogP contribution is -2.42. The summed E-state index contributed by atoms with van der Waals surface area (Å²) in [5.41, 5.74) is 0.353. The van der Waals surface area contributed by atoms with E-state index in [0.717, 1.165) is 57.9 Å². The summed E-state index contributed by atoms with van der Waals surface area (Å²) in [6.45, 7) is 8.01. The smallest absolute Gasteiger partial charge is 0.191 e. The van der Waals surface area contributed by atoms with Crippen molar-refractivity contribution in [2.24, 2.45) is 16.3 Å². The molecule has 0 bridgehead atoms. The second kappa shape index (κ2) is 14.1. The fourth-order valence-corrected chi connectivity index (χ4v) is 3.25. The minimum absolute atomic E-state index is 0. The average molecular weight is 455 g/mol. The number of nitrogens with zero attached hydrogens (tertiary/aromatic N) is 1. The van der Waals surface area contributed by atoms with Crippen molar-refractivity contribution in [2.45, 2.75) is 58.8 Å². The fourth-order valence-electron chi connectivity index (χ4n) is 3.25. The van der Waals surface area contributed by atoms with E-state index in [9.17, 15) is 5.11 Å². The van der Waals surface area contributed by atoms with Gasteiger partial charge in [-0.2, -0.15) is 0 Å². The minimum atomic E-state index is 0. The zero-order valence-electron chi connectivity index (χ0n) is 15.8. The van der Waals surface area contributed by atoms with Crippen LogP contribution in [-0.2, 0) is 4.74 Å². The van der Waals surface area contributed by atoms with E-state index in [4.69, 9.17) is 9.73 Å². The quantitative estimate of drug-likeness (QED) is 0.240. The predicted octanol–water partition coefficient (Wildman–Crippen LogP) is 3.17. The number of hydrogen-bond acceptors (Lipinski definition) is 3. The second-order valence-electron chi connectivity index (χ2n) is 6.84. The van der Waals surface area contributed by atoms with Crippen LogP contribution in [0.3, 0.4) is 0 Å². The number of ether oxygens (including phenoxy) is 1. The highest BCUT2D eigenvalue weighted by atomic mass is 127. The molecule has 0 spiro atoms. The van der Waals surface area contributed by atoms with E-state index in [2.05, 4.69) is 24.5 Å². The second-order valence-corrected chi connectivity index (χ2v) is 6.84. The first-order valence-corrected chi connectivity index (χ1v) is 9.31. The van der Waals surface area contributed by atoms with E-state index < -0.39 is 0 Å². The largest absolute Gasteiger partial charge is 0.396 e. The molecule has 0 heterocycles. The molecular formula is C18H38IN3O2. The highest BCUT2D eigenvalue weighted by Crippen LogP contribution is 2.44. The van der Waals surface area contributed by atoms with Gasteiger partial charge in [-0.05, 0) is 50.4 Å². The lowest BCUT2D eigenvalue weighted by molar-refractivity contribution is 0.0778. The number of methoxy groups -OCH3 is 1. The standard InChI is InChI=1S/C18H37N3O2.HI/c1-4-7-16(8-12-22)14-20-17(19-5-2)21-15-18(9-6-10-18)11-13-23-3;/h16,22H,4-15H2,1-3H3,(H2,19,20,21);1H. The maximum Gasteiger partial charge on any atom is 0.191 e. The van der Waals surface area contributed by atoms with E-state index in [-0.39, 0.29) is 30.6 Å². The van der Waals surface area contributed by atoms with Crippen molar-refractivity contribution in [1.82, 2.24) is 10.6 Å². The molecule has 0 saturated heterocycles. The van der Waals surface area contributed by atoms with Gasteiger partial charge in [-0.15, -0.1) is 24.0 Å². The summed E-state index contributed by atoms with van der Waals surface area (Å²) in [7, 11) is 1.77. The lowest BCUT2D eigenvalue weighted by atomic mass is 9.67. The van der Waals surface area contributed by atoms with Crippen molar-refractivity contribution < 1.29 is 9.84 Å². The SMILES string of the molecule is CCCC(CCO)CNC(=NCC1(CCOC)CCC1)NCC.I. The van der Waals surface area contributed by atoms with E-state index >= 15 is 0 Å². The molecule has 0 aromatic rings. The van der Waals surface area contributed by atoms with Crippen LogP contribution in [0.25, 0.3) is 0 Å². The van der Waals surface area contributed by atoms with E-state index in [1.807, 2.05) is 0 Å². The molecule has 24 heavy (non-hydrogen) atoms. The number of guanidine groups is 1. The van der Waals surface area contributed by atoms with Crippen LogP contribution < -0.4 is 10.6 Å². The summed E-state index contributed by atoms with van der Waals surface area (Å²) in [5, 5.41) is 16.0. The van der Waals surface area contributed by atoms with Gasteiger partial charge in [0.05, 0.1) is 0 Å². The minimum Gasteiger partial charge on any atom is -0.396 e. The van der Waals surface area contributed by atoms with Crippen LogP contribution in [0, 0.1) is 11.3 Å². The monoisotopic (exact) mass is 455 g/mol. The van der Waals surface area contributed by atoms with Crippen LogP contribution in [0.2, 0.25) is 0 Å². The van der Waals surface area contributed by atoms with Gasteiger partial charge in [0, 0.05) is 40.0 Å². The van der Waals surface area contributed by atoms with Gasteiger partial charge >= 0.3 is 0 Å². The molecule has 3 N–H and O–H groups in total. The van der Waals surface area contributed by atoms with Crippen LogP contribution in [0.5, 0.6) is 0 Å². The third kappa shape index (κ3) is 8.85. The van der Waals surface area contributed by atoms with Crippen molar-refractivity contribution in [3.8, 4) is 0 Å². The highest BCUT2D eigenvalue weighted by molar-refractivity contribution is 14.0. The molecule has 1 atom stereocenters. The summed E-state index contributed by atoms with van der Waals surface area (Å²) < 4.78 is 5.26. The highest BCUT2D eigenvalue weighted by Gasteiger charge is 2.36.